The van der Waals surface area contributed by atoms with Crippen LogP contribution in [0.15, 0.2) is 146 Å². The Morgan fingerprint density at radius 2 is 0.737 bits per heavy atom. The van der Waals surface area contributed by atoms with Gasteiger partial charge in [0.2, 0.25) is 0 Å². The quantitative estimate of drug-likeness (QED) is 0.221. The van der Waals surface area contributed by atoms with Gasteiger partial charge in [-0.3, -0.25) is 0 Å². The van der Waals surface area contributed by atoms with Crippen molar-refractivity contribution in [2.24, 2.45) is 0 Å². The summed E-state index contributed by atoms with van der Waals surface area (Å²) in [6.07, 6.45) is 0. The first kappa shape index (κ1) is 21.8. The zero-order valence-electron chi connectivity index (χ0n) is 21.3. The Bertz CT molecular complexity index is 1830. The molecule has 0 aliphatic carbocycles. The minimum absolute atomic E-state index is 1.27. The van der Waals surface area contributed by atoms with Crippen molar-refractivity contribution in [1.82, 2.24) is 0 Å². The van der Waals surface area contributed by atoms with E-state index in [1.165, 1.54) is 65.5 Å². The van der Waals surface area contributed by atoms with Crippen LogP contribution in [0.25, 0.3) is 33.4 Å². The van der Waals surface area contributed by atoms with Crippen LogP contribution in [0.4, 0.5) is 0 Å². The van der Waals surface area contributed by atoms with E-state index in [4.69, 9.17) is 0 Å². The Labute approximate surface area is 224 Å². The summed E-state index contributed by atoms with van der Waals surface area (Å²) in [5.74, 6) is 0. The molecule has 0 radical (unpaired) electrons. The maximum absolute atomic E-state index is 3.38. The van der Waals surface area contributed by atoms with Crippen LogP contribution < -0.4 is 26.5 Å². The van der Waals surface area contributed by atoms with Gasteiger partial charge in [-0.15, -0.1) is 0 Å². The SMILES string of the molecule is Cc1ccc2c(c1)P1(c3ccccc3-c3ccccc3)(c3ccccc3-c3ccccc31)c1ccccc1-2. The molecule has 6 aromatic carbocycles. The summed E-state index contributed by atoms with van der Waals surface area (Å²) in [6.45, 7) is -1.14. The van der Waals surface area contributed by atoms with E-state index in [-0.39, 0.29) is 0 Å². The van der Waals surface area contributed by atoms with Crippen molar-refractivity contribution < 1.29 is 0 Å². The van der Waals surface area contributed by atoms with Crippen molar-refractivity contribution in [1.29, 1.82) is 0 Å². The van der Waals surface area contributed by atoms with Crippen LogP contribution in [0.5, 0.6) is 0 Å². The second-order valence-electron chi connectivity index (χ2n) is 10.6. The Hall–Kier alpha value is -4.25. The number of aryl methyl sites for hydroxylation is 1. The molecule has 0 unspecified atom stereocenters. The van der Waals surface area contributed by atoms with Gasteiger partial charge < -0.3 is 0 Å². The van der Waals surface area contributed by atoms with Gasteiger partial charge in [0.15, 0.2) is 0 Å². The fraction of sp³-hybridized carbons (Fsp3) is 0.0270. The molecule has 0 amide bonds. The Balaban J connectivity index is 1.73. The van der Waals surface area contributed by atoms with Crippen LogP contribution in [0, 0.1) is 6.92 Å². The summed E-state index contributed by atoms with van der Waals surface area (Å²) in [5, 5.41) is 7.34. The predicted molar refractivity (Wildman–Crippen MR) is 165 cm³/mol. The molecule has 2 aliphatic heterocycles. The molecule has 0 bridgehead atoms. The van der Waals surface area contributed by atoms with Crippen molar-refractivity contribution in [3.8, 4) is 33.4 Å². The van der Waals surface area contributed by atoms with E-state index in [1.807, 2.05) is 0 Å². The van der Waals surface area contributed by atoms with Gasteiger partial charge >= 0.3 is 225 Å². The summed E-state index contributed by atoms with van der Waals surface area (Å²) >= 11 is 0. The van der Waals surface area contributed by atoms with E-state index in [0.29, 0.717) is 0 Å². The first-order valence-corrected chi connectivity index (χ1v) is 15.6. The van der Waals surface area contributed by atoms with Gasteiger partial charge in [0.05, 0.1) is 0 Å². The molecule has 6 aromatic rings. The van der Waals surface area contributed by atoms with Gasteiger partial charge in [-0.05, 0) is 0 Å². The normalized spacial score (nSPS) is 16.1. The first-order chi connectivity index (χ1) is 18.8. The number of benzene rings is 6. The molecule has 0 N–H and O–H groups in total. The number of hydrogen-bond acceptors (Lipinski definition) is 0. The van der Waals surface area contributed by atoms with E-state index >= 15 is 0 Å². The first-order valence-electron chi connectivity index (χ1n) is 13.3. The van der Waals surface area contributed by atoms with Gasteiger partial charge in [0, 0.05) is 0 Å². The fourth-order valence-electron chi connectivity index (χ4n) is 7.54. The Kier molecular flexibility index (Phi) is 4.38. The molecule has 38 heavy (non-hydrogen) atoms. The topological polar surface area (TPSA) is 0 Å². The maximum atomic E-state index is 2.51. The molecule has 8 rings (SSSR count). The molecule has 180 valence electrons. The molecule has 1 heteroatoms. The molecule has 2 aliphatic rings. The molecule has 2 heterocycles. The van der Waals surface area contributed by atoms with E-state index in [0.717, 1.165) is 0 Å². The van der Waals surface area contributed by atoms with E-state index in [9.17, 15) is 0 Å². The molecule has 0 atom stereocenters. The Morgan fingerprint density at radius 1 is 0.342 bits per heavy atom. The van der Waals surface area contributed by atoms with Crippen molar-refractivity contribution in [3.05, 3.63) is 151 Å². The van der Waals surface area contributed by atoms with Gasteiger partial charge in [-0.2, -0.15) is 0 Å². The summed E-state index contributed by atoms with van der Waals surface area (Å²) < 4.78 is 0. The van der Waals surface area contributed by atoms with Crippen LogP contribution in [0.1, 0.15) is 5.56 Å². The van der Waals surface area contributed by atoms with Crippen LogP contribution in [-0.2, 0) is 0 Å². The molecular weight excluding hydrogens is 475 g/mol. The molecule has 0 saturated carbocycles. The summed E-state index contributed by atoms with van der Waals surface area (Å²) in [7, 11) is 0. The number of hydrogen-bond donors (Lipinski definition) is 0. The van der Waals surface area contributed by atoms with E-state index in [1.54, 1.807) is 0 Å². The third-order valence-corrected chi connectivity index (χ3v) is 15.6. The van der Waals surface area contributed by atoms with Crippen molar-refractivity contribution in [2.45, 2.75) is 6.92 Å². The van der Waals surface area contributed by atoms with Crippen LogP contribution in [0.3, 0.4) is 0 Å². The summed E-state index contributed by atoms with van der Waals surface area (Å²) in [4.78, 5) is 0. The average Bonchev–Trinajstić information content (AvgIpc) is 3.41. The van der Waals surface area contributed by atoms with Crippen LogP contribution in [-0.4, -0.2) is 0 Å². The average molecular weight is 503 g/mol. The Morgan fingerprint density at radius 3 is 1.26 bits per heavy atom. The molecular formula is C37H27P. The van der Waals surface area contributed by atoms with Gasteiger partial charge in [0.25, 0.3) is 0 Å². The fourth-order valence-corrected chi connectivity index (χ4v) is 15.5. The van der Waals surface area contributed by atoms with Crippen LogP contribution >= 0.6 is 6.60 Å². The predicted octanol–water partition coefficient (Wildman–Crippen LogP) is 7.10. The molecule has 0 nitrogen and oxygen atoms in total. The minimum atomic E-state index is -3.38. The molecule has 0 aromatic heterocycles. The van der Waals surface area contributed by atoms with Gasteiger partial charge in [-0.25, -0.2) is 0 Å². The van der Waals surface area contributed by atoms with E-state index in [2.05, 4.69) is 153 Å². The van der Waals surface area contributed by atoms with Gasteiger partial charge in [-0.1, -0.05) is 0 Å². The van der Waals surface area contributed by atoms with Crippen molar-refractivity contribution >= 4 is 33.1 Å². The zero-order chi connectivity index (χ0) is 25.3. The second-order valence-corrected chi connectivity index (χ2v) is 15.2. The molecule has 0 fully saturated rings. The monoisotopic (exact) mass is 502 g/mol. The molecule has 1 spiro atoms. The number of rotatable bonds is 2. The zero-order valence-corrected chi connectivity index (χ0v) is 22.2. The van der Waals surface area contributed by atoms with Gasteiger partial charge in [0.1, 0.15) is 0 Å². The third kappa shape index (κ3) is 2.36. The van der Waals surface area contributed by atoms with Crippen molar-refractivity contribution in [2.75, 3.05) is 0 Å². The standard InChI is InChI=1S/C37H27P/c1-26-23-24-32-31-18-8-12-22-36(31)38(37(32)25-26,33-19-9-5-15-28(33)27-13-3-2-4-14-27)34-20-10-6-16-29(34)30-17-7-11-21-35(30)38/h2-25H,1H3. The number of fused-ring (bicyclic) bond motifs is 10. The van der Waals surface area contributed by atoms with Crippen LogP contribution in [0.2, 0.25) is 0 Å². The van der Waals surface area contributed by atoms with Crippen molar-refractivity contribution in [3.63, 3.8) is 0 Å². The molecule has 0 saturated heterocycles. The summed E-state index contributed by atoms with van der Waals surface area (Å²) in [5.41, 5.74) is 9.37. The summed E-state index contributed by atoms with van der Waals surface area (Å²) in [6, 6.07) is 55.1. The van der Waals surface area contributed by atoms with E-state index < -0.39 is 6.60 Å². The third-order valence-electron chi connectivity index (χ3n) is 8.84. The second kappa shape index (κ2) is 7.64.